The number of hydrogen-bond acceptors (Lipinski definition) is 4. The summed E-state index contributed by atoms with van der Waals surface area (Å²) >= 11 is 0. The van der Waals surface area contributed by atoms with Crippen molar-refractivity contribution in [2.45, 2.75) is 59.7 Å². The van der Waals surface area contributed by atoms with E-state index in [-0.39, 0.29) is 0 Å². The van der Waals surface area contributed by atoms with Crippen LogP contribution in [-0.4, -0.2) is 23.1 Å². The monoisotopic (exact) mass is 245 g/mol. The van der Waals surface area contributed by atoms with Gasteiger partial charge in [-0.2, -0.15) is 0 Å². The number of rotatable bonds is 3. The fourth-order valence-electron chi connectivity index (χ4n) is 0.789. The molecule has 0 saturated heterocycles. The van der Waals surface area contributed by atoms with E-state index in [2.05, 4.69) is 5.48 Å². The largest absolute Gasteiger partial charge is 0.459 e. The van der Waals surface area contributed by atoms with Crippen LogP contribution in [0.1, 0.15) is 48.5 Å². The Kier molecular flexibility index (Phi) is 5.13. The normalized spacial score (nSPS) is 14.1. The summed E-state index contributed by atoms with van der Waals surface area (Å²) in [6.07, 6.45) is 0. The van der Waals surface area contributed by atoms with Gasteiger partial charge in [0.05, 0.1) is 5.60 Å². The lowest BCUT2D eigenvalue weighted by Crippen LogP contribution is -2.40. The standard InChI is InChI=1S/C12H23NO4/c1-8(10(15)16-11(2,3)4)9(14)13-17-12(5,6)7/h8H,1-7H3,(H,13,14). The molecule has 1 atom stereocenters. The van der Waals surface area contributed by atoms with Crippen LogP contribution in [0.2, 0.25) is 0 Å². The second-order valence-corrected chi connectivity index (χ2v) is 5.94. The minimum Gasteiger partial charge on any atom is -0.459 e. The van der Waals surface area contributed by atoms with Gasteiger partial charge >= 0.3 is 5.97 Å². The highest BCUT2D eigenvalue weighted by Crippen LogP contribution is 2.12. The van der Waals surface area contributed by atoms with Crippen molar-refractivity contribution in [1.82, 2.24) is 5.48 Å². The maximum absolute atomic E-state index is 11.6. The SMILES string of the molecule is CC(C(=O)NOC(C)(C)C)C(=O)OC(C)(C)C. The van der Waals surface area contributed by atoms with Gasteiger partial charge in [-0.1, -0.05) is 0 Å². The molecule has 0 aliphatic heterocycles. The molecule has 0 aromatic carbocycles. The van der Waals surface area contributed by atoms with Crippen molar-refractivity contribution in [1.29, 1.82) is 0 Å². The second kappa shape index (κ2) is 5.49. The summed E-state index contributed by atoms with van der Waals surface area (Å²) in [6, 6.07) is 0. The molecule has 0 bridgehead atoms. The van der Waals surface area contributed by atoms with Crippen molar-refractivity contribution in [2.75, 3.05) is 0 Å². The van der Waals surface area contributed by atoms with Gasteiger partial charge in [0.1, 0.15) is 11.5 Å². The average molecular weight is 245 g/mol. The fraction of sp³-hybridized carbons (Fsp3) is 0.833. The molecule has 0 aromatic heterocycles. The van der Waals surface area contributed by atoms with E-state index >= 15 is 0 Å². The third-order valence-electron chi connectivity index (χ3n) is 1.61. The van der Waals surface area contributed by atoms with Gasteiger partial charge in [-0.3, -0.25) is 14.4 Å². The summed E-state index contributed by atoms with van der Waals surface area (Å²) in [7, 11) is 0. The Morgan fingerprint density at radius 3 is 1.82 bits per heavy atom. The van der Waals surface area contributed by atoms with Gasteiger partial charge in [-0.15, -0.1) is 0 Å². The molecule has 100 valence electrons. The molecule has 0 aliphatic rings. The van der Waals surface area contributed by atoms with Crippen LogP contribution in [0, 0.1) is 5.92 Å². The Labute approximate surface area is 103 Å². The number of carbonyl (C=O) groups is 2. The van der Waals surface area contributed by atoms with Crippen LogP contribution >= 0.6 is 0 Å². The highest BCUT2D eigenvalue weighted by Gasteiger charge is 2.28. The quantitative estimate of drug-likeness (QED) is 0.468. The van der Waals surface area contributed by atoms with Crippen molar-refractivity contribution >= 4 is 11.9 Å². The van der Waals surface area contributed by atoms with Gasteiger partial charge < -0.3 is 4.74 Å². The van der Waals surface area contributed by atoms with Gasteiger partial charge in [0.15, 0.2) is 0 Å². The van der Waals surface area contributed by atoms with Crippen LogP contribution in [0.25, 0.3) is 0 Å². The van der Waals surface area contributed by atoms with Crippen LogP contribution in [0.15, 0.2) is 0 Å². The Morgan fingerprint density at radius 1 is 1.00 bits per heavy atom. The Hall–Kier alpha value is -1.10. The van der Waals surface area contributed by atoms with Gasteiger partial charge in [0.2, 0.25) is 0 Å². The van der Waals surface area contributed by atoms with E-state index in [1.165, 1.54) is 6.92 Å². The van der Waals surface area contributed by atoms with Gasteiger partial charge in [0.25, 0.3) is 5.91 Å². The predicted molar refractivity (Wildman–Crippen MR) is 64.0 cm³/mol. The number of hydroxylamine groups is 1. The first-order valence-electron chi connectivity index (χ1n) is 5.63. The molecule has 1 unspecified atom stereocenters. The molecule has 0 radical (unpaired) electrons. The van der Waals surface area contributed by atoms with Crippen molar-refractivity contribution < 1.29 is 19.2 Å². The minimum atomic E-state index is -0.892. The van der Waals surface area contributed by atoms with E-state index in [1.807, 2.05) is 0 Å². The summed E-state index contributed by atoms with van der Waals surface area (Å²) in [6.45, 7) is 12.1. The molecule has 0 spiro atoms. The van der Waals surface area contributed by atoms with E-state index < -0.39 is 29.0 Å². The number of amides is 1. The lowest BCUT2D eigenvalue weighted by molar-refractivity contribution is -0.167. The minimum absolute atomic E-state index is 0.497. The van der Waals surface area contributed by atoms with Crippen LogP contribution < -0.4 is 5.48 Å². The lowest BCUT2D eigenvalue weighted by Gasteiger charge is -2.23. The zero-order chi connectivity index (χ0) is 13.9. The number of ether oxygens (including phenoxy) is 1. The maximum Gasteiger partial charge on any atom is 0.318 e. The zero-order valence-corrected chi connectivity index (χ0v) is 11.7. The molecule has 0 heterocycles. The molecule has 5 nitrogen and oxygen atoms in total. The Bertz CT molecular complexity index is 286. The topological polar surface area (TPSA) is 64.6 Å². The smallest absolute Gasteiger partial charge is 0.318 e. The summed E-state index contributed by atoms with van der Waals surface area (Å²) in [4.78, 5) is 28.3. The highest BCUT2D eigenvalue weighted by molar-refractivity contribution is 5.97. The Balaban J connectivity index is 4.27. The third-order valence-corrected chi connectivity index (χ3v) is 1.61. The predicted octanol–water partition coefficient (Wildman–Crippen LogP) is 1.81. The molecule has 1 N–H and O–H groups in total. The van der Waals surface area contributed by atoms with Crippen LogP contribution in [0.5, 0.6) is 0 Å². The number of hydrogen-bond donors (Lipinski definition) is 1. The van der Waals surface area contributed by atoms with E-state index in [9.17, 15) is 9.59 Å². The summed E-state index contributed by atoms with van der Waals surface area (Å²) in [5.41, 5.74) is 1.15. The molecule has 0 rings (SSSR count). The molecule has 0 fully saturated rings. The molecular weight excluding hydrogens is 222 g/mol. The molecule has 0 aromatic rings. The third kappa shape index (κ3) is 7.74. The van der Waals surface area contributed by atoms with Crippen molar-refractivity contribution in [3.05, 3.63) is 0 Å². The first kappa shape index (κ1) is 15.9. The van der Waals surface area contributed by atoms with E-state index in [4.69, 9.17) is 9.57 Å². The van der Waals surface area contributed by atoms with E-state index in [0.29, 0.717) is 0 Å². The van der Waals surface area contributed by atoms with Crippen molar-refractivity contribution in [3.8, 4) is 0 Å². The van der Waals surface area contributed by atoms with Crippen molar-refractivity contribution in [2.24, 2.45) is 5.92 Å². The summed E-state index contributed by atoms with van der Waals surface area (Å²) < 4.78 is 5.10. The Morgan fingerprint density at radius 2 is 1.47 bits per heavy atom. The van der Waals surface area contributed by atoms with Crippen LogP contribution in [0.3, 0.4) is 0 Å². The zero-order valence-electron chi connectivity index (χ0n) is 11.7. The second-order valence-electron chi connectivity index (χ2n) is 5.94. The molecule has 17 heavy (non-hydrogen) atoms. The first-order chi connectivity index (χ1) is 7.42. The lowest BCUT2D eigenvalue weighted by atomic mass is 10.1. The van der Waals surface area contributed by atoms with Crippen molar-refractivity contribution in [3.63, 3.8) is 0 Å². The fourth-order valence-corrected chi connectivity index (χ4v) is 0.789. The molecular formula is C12H23NO4. The van der Waals surface area contributed by atoms with E-state index in [0.717, 1.165) is 0 Å². The number of carbonyl (C=O) groups excluding carboxylic acids is 2. The molecule has 1 amide bonds. The van der Waals surface area contributed by atoms with Gasteiger partial charge in [-0.05, 0) is 48.5 Å². The highest BCUT2D eigenvalue weighted by atomic mass is 16.7. The van der Waals surface area contributed by atoms with Crippen LogP contribution in [0.4, 0.5) is 0 Å². The number of nitrogens with one attached hydrogen (secondary N) is 1. The maximum atomic E-state index is 11.6. The summed E-state index contributed by atoms with van der Waals surface area (Å²) in [5.74, 6) is -1.96. The van der Waals surface area contributed by atoms with Gasteiger partial charge in [0, 0.05) is 0 Å². The molecule has 5 heteroatoms. The number of esters is 1. The molecule has 0 aliphatic carbocycles. The first-order valence-corrected chi connectivity index (χ1v) is 5.63. The van der Waals surface area contributed by atoms with Gasteiger partial charge in [-0.25, -0.2) is 5.48 Å². The average Bonchev–Trinajstić information content (AvgIpc) is 2.08. The van der Waals surface area contributed by atoms with E-state index in [1.54, 1.807) is 41.5 Å². The molecule has 0 saturated carbocycles. The van der Waals surface area contributed by atoms with Crippen LogP contribution in [-0.2, 0) is 19.2 Å². The summed E-state index contributed by atoms with van der Waals surface area (Å²) in [5, 5.41) is 0.